The molecule has 3 heterocycles. The molecule has 36 heavy (non-hydrogen) atoms. The van der Waals surface area contributed by atoms with Gasteiger partial charge in [0.15, 0.2) is 12.3 Å². The number of aromatic nitrogens is 3. The van der Waals surface area contributed by atoms with Crippen molar-refractivity contribution >= 4 is 28.6 Å². The number of ether oxygens (including phenoxy) is 2. The van der Waals surface area contributed by atoms with E-state index in [0.29, 0.717) is 40.3 Å². The summed E-state index contributed by atoms with van der Waals surface area (Å²) in [4.78, 5) is 29.6. The van der Waals surface area contributed by atoms with Gasteiger partial charge < -0.3 is 19.2 Å². The number of hydrogen-bond donors (Lipinski definition) is 1. The number of anilines is 1. The van der Waals surface area contributed by atoms with Crippen LogP contribution >= 0.6 is 0 Å². The smallest absolute Gasteiger partial charge is 0.343 e. The first kappa shape index (κ1) is 22.9. The number of furan rings is 1. The molecule has 1 N–H and O–H groups in total. The van der Waals surface area contributed by atoms with Crippen LogP contribution in [0.4, 0.5) is 5.69 Å². The molecule has 9 heteroatoms. The third kappa shape index (κ3) is 4.95. The Morgan fingerprint density at radius 2 is 1.89 bits per heavy atom. The Bertz CT molecular complexity index is 1510. The Morgan fingerprint density at radius 3 is 2.67 bits per heavy atom. The molecular weight excluding hydrogens is 460 g/mol. The lowest BCUT2D eigenvalue weighted by Crippen LogP contribution is -2.14. The molecule has 0 aliphatic carbocycles. The summed E-state index contributed by atoms with van der Waals surface area (Å²) >= 11 is 0. The van der Waals surface area contributed by atoms with Crippen molar-refractivity contribution in [1.82, 2.24) is 14.8 Å². The van der Waals surface area contributed by atoms with Gasteiger partial charge in [-0.1, -0.05) is 36.4 Å². The van der Waals surface area contributed by atoms with Gasteiger partial charge in [0.1, 0.15) is 18.1 Å². The molecule has 0 atom stereocenters. The van der Waals surface area contributed by atoms with Crippen molar-refractivity contribution in [3.05, 3.63) is 96.6 Å². The molecule has 5 rings (SSSR count). The van der Waals surface area contributed by atoms with Crippen LogP contribution < -0.4 is 10.1 Å². The number of hydrogen-bond acceptors (Lipinski definition) is 7. The summed E-state index contributed by atoms with van der Waals surface area (Å²) < 4.78 is 17.2. The van der Waals surface area contributed by atoms with Gasteiger partial charge in [0.05, 0.1) is 36.2 Å². The standard InChI is InChI=1S/C27H22N4O5/c1-34-25(32)17-36-20-10-5-9-19(13-20)29-27(33)22-14-24(18-7-3-2-4-8-18)30-26-23(22)15-28-31(26)16-21-11-6-12-35-21/h2-15H,16-17H2,1H3,(H,29,33). The lowest BCUT2D eigenvalue weighted by molar-refractivity contribution is -0.142. The van der Waals surface area contributed by atoms with Crippen molar-refractivity contribution in [3.8, 4) is 17.0 Å². The molecule has 0 fully saturated rings. The summed E-state index contributed by atoms with van der Waals surface area (Å²) in [6, 6.07) is 21.8. The predicted octanol–water partition coefficient (Wildman–Crippen LogP) is 4.54. The minimum absolute atomic E-state index is 0.228. The highest BCUT2D eigenvalue weighted by atomic mass is 16.6. The molecule has 0 saturated heterocycles. The average Bonchev–Trinajstić information content (AvgIpc) is 3.58. The largest absolute Gasteiger partial charge is 0.482 e. The summed E-state index contributed by atoms with van der Waals surface area (Å²) in [7, 11) is 1.29. The highest BCUT2D eigenvalue weighted by molar-refractivity contribution is 6.12. The SMILES string of the molecule is COC(=O)COc1cccc(NC(=O)c2cc(-c3ccccc3)nc3c2cnn3Cc2ccco2)c1. The molecule has 180 valence electrons. The molecule has 5 aromatic rings. The number of nitrogens with one attached hydrogen (secondary N) is 1. The van der Waals surface area contributed by atoms with E-state index in [0.717, 1.165) is 11.3 Å². The van der Waals surface area contributed by atoms with E-state index in [4.69, 9.17) is 14.1 Å². The van der Waals surface area contributed by atoms with Gasteiger partial charge in [-0.25, -0.2) is 14.5 Å². The van der Waals surface area contributed by atoms with Crippen LogP contribution in [0.1, 0.15) is 16.1 Å². The van der Waals surface area contributed by atoms with Crippen LogP contribution in [0.5, 0.6) is 5.75 Å². The Hall–Kier alpha value is -4.92. The van der Waals surface area contributed by atoms with Crippen molar-refractivity contribution < 1.29 is 23.5 Å². The van der Waals surface area contributed by atoms with E-state index in [1.54, 1.807) is 47.5 Å². The van der Waals surface area contributed by atoms with Crippen molar-refractivity contribution in [2.75, 3.05) is 19.0 Å². The topological polar surface area (TPSA) is 108 Å². The highest BCUT2D eigenvalue weighted by Gasteiger charge is 2.18. The van der Waals surface area contributed by atoms with Gasteiger partial charge in [-0.15, -0.1) is 0 Å². The summed E-state index contributed by atoms with van der Waals surface area (Å²) in [5.74, 6) is 0.321. The number of amides is 1. The van der Waals surface area contributed by atoms with Crippen LogP contribution in [0, 0.1) is 0 Å². The number of esters is 1. The first-order valence-electron chi connectivity index (χ1n) is 11.2. The van der Waals surface area contributed by atoms with Gasteiger partial charge in [-0.2, -0.15) is 5.10 Å². The van der Waals surface area contributed by atoms with Gasteiger partial charge in [0.25, 0.3) is 5.91 Å². The molecule has 9 nitrogen and oxygen atoms in total. The molecule has 0 radical (unpaired) electrons. The zero-order valence-electron chi connectivity index (χ0n) is 19.4. The normalized spacial score (nSPS) is 10.8. The number of carbonyl (C=O) groups excluding carboxylic acids is 2. The number of methoxy groups -OCH3 is 1. The maximum Gasteiger partial charge on any atom is 0.343 e. The van der Waals surface area contributed by atoms with Crippen molar-refractivity contribution in [2.45, 2.75) is 6.54 Å². The minimum Gasteiger partial charge on any atom is -0.482 e. The number of carbonyl (C=O) groups is 2. The first-order chi connectivity index (χ1) is 17.6. The van der Waals surface area contributed by atoms with Crippen molar-refractivity contribution in [3.63, 3.8) is 0 Å². The van der Waals surface area contributed by atoms with Crippen LogP contribution in [0.3, 0.4) is 0 Å². The Balaban J connectivity index is 1.49. The number of benzene rings is 2. The van der Waals surface area contributed by atoms with E-state index in [2.05, 4.69) is 15.2 Å². The van der Waals surface area contributed by atoms with E-state index < -0.39 is 5.97 Å². The van der Waals surface area contributed by atoms with Gasteiger partial charge in [0, 0.05) is 17.3 Å². The summed E-state index contributed by atoms with van der Waals surface area (Å²) in [5.41, 5.74) is 3.01. The van der Waals surface area contributed by atoms with Crippen molar-refractivity contribution in [1.29, 1.82) is 0 Å². The lowest BCUT2D eigenvalue weighted by atomic mass is 10.1. The molecule has 0 unspecified atom stereocenters. The number of pyridine rings is 1. The molecule has 0 aliphatic rings. The molecule has 0 saturated carbocycles. The second-order valence-electron chi connectivity index (χ2n) is 7.89. The van der Waals surface area contributed by atoms with Gasteiger partial charge in [0.2, 0.25) is 0 Å². The van der Waals surface area contributed by atoms with E-state index >= 15 is 0 Å². The molecular formula is C27H22N4O5. The maximum absolute atomic E-state index is 13.5. The van der Waals surface area contributed by atoms with Crippen LogP contribution in [-0.4, -0.2) is 40.4 Å². The molecule has 1 amide bonds. The van der Waals surface area contributed by atoms with E-state index in [1.807, 2.05) is 42.5 Å². The fourth-order valence-corrected chi connectivity index (χ4v) is 3.72. The average molecular weight is 482 g/mol. The second-order valence-corrected chi connectivity index (χ2v) is 7.89. The van der Waals surface area contributed by atoms with Crippen LogP contribution in [0.2, 0.25) is 0 Å². The Kier molecular flexibility index (Phi) is 6.44. The van der Waals surface area contributed by atoms with Gasteiger partial charge >= 0.3 is 5.97 Å². The Morgan fingerprint density at radius 1 is 1.03 bits per heavy atom. The molecule has 2 aromatic carbocycles. The second kappa shape index (κ2) is 10.1. The number of nitrogens with zero attached hydrogens (tertiary/aromatic N) is 3. The summed E-state index contributed by atoms with van der Waals surface area (Å²) in [6.07, 6.45) is 3.23. The molecule has 0 aliphatic heterocycles. The van der Waals surface area contributed by atoms with Gasteiger partial charge in [-0.3, -0.25) is 4.79 Å². The Labute approximate surface area is 206 Å². The van der Waals surface area contributed by atoms with E-state index in [9.17, 15) is 9.59 Å². The first-order valence-corrected chi connectivity index (χ1v) is 11.2. The fourth-order valence-electron chi connectivity index (χ4n) is 3.72. The third-order valence-electron chi connectivity index (χ3n) is 5.49. The van der Waals surface area contributed by atoms with E-state index in [1.165, 1.54) is 7.11 Å². The zero-order valence-corrected chi connectivity index (χ0v) is 19.4. The number of rotatable bonds is 8. The predicted molar refractivity (Wildman–Crippen MR) is 133 cm³/mol. The zero-order chi connectivity index (χ0) is 24.9. The fraction of sp³-hybridized carbons (Fsp3) is 0.111. The maximum atomic E-state index is 13.5. The molecule has 3 aromatic heterocycles. The summed E-state index contributed by atoms with van der Waals surface area (Å²) in [5, 5.41) is 7.98. The summed E-state index contributed by atoms with van der Waals surface area (Å²) in [6.45, 7) is 0.149. The molecule has 0 spiro atoms. The monoisotopic (exact) mass is 482 g/mol. The van der Waals surface area contributed by atoms with Crippen LogP contribution in [0.15, 0.2) is 89.7 Å². The third-order valence-corrected chi connectivity index (χ3v) is 5.49. The molecule has 0 bridgehead atoms. The lowest BCUT2D eigenvalue weighted by Gasteiger charge is -2.11. The van der Waals surface area contributed by atoms with Gasteiger partial charge in [-0.05, 0) is 30.3 Å². The van der Waals surface area contributed by atoms with Crippen LogP contribution in [-0.2, 0) is 16.1 Å². The minimum atomic E-state index is -0.497. The van der Waals surface area contributed by atoms with Crippen LogP contribution in [0.25, 0.3) is 22.3 Å². The van der Waals surface area contributed by atoms with Crippen molar-refractivity contribution in [2.24, 2.45) is 0 Å². The quantitative estimate of drug-likeness (QED) is 0.323. The van der Waals surface area contributed by atoms with E-state index in [-0.39, 0.29) is 12.5 Å². The highest BCUT2D eigenvalue weighted by Crippen LogP contribution is 2.27. The number of fused-ring (bicyclic) bond motifs is 1.